The molecule has 88 valence electrons. The van der Waals surface area contributed by atoms with E-state index >= 15 is 0 Å². The normalized spacial score (nSPS) is 11.9. The minimum absolute atomic E-state index is 0.525. The number of carbonyl (C=O) groups excluding carboxylic acids is 1. The summed E-state index contributed by atoms with van der Waals surface area (Å²) >= 11 is 0. The number of aryl methyl sites for hydroxylation is 1. The third-order valence-electron chi connectivity index (χ3n) is 1.93. The van der Waals surface area contributed by atoms with E-state index in [4.69, 9.17) is 5.11 Å². The Morgan fingerprint density at radius 2 is 2.31 bits per heavy atom. The topological polar surface area (TPSA) is 96.2 Å². The highest BCUT2D eigenvalue weighted by Gasteiger charge is 2.13. The monoisotopic (exact) mass is 226 g/mol. The first kappa shape index (κ1) is 12.0. The van der Waals surface area contributed by atoms with Crippen LogP contribution in [0.3, 0.4) is 0 Å². The summed E-state index contributed by atoms with van der Waals surface area (Å²) < 4.78 is 1.65. The Hall–Kier alpha value is -2.05. The zero-order valence-corrected chi connectivity index (χ0v) is 9.10. The first-order valence-corrected chi connectivity index (χ1v) is 4.85. The Bertz CT molecular complexity index is 388. The smallest absolute Gasteiger partial charge is 0.325 e. The zero-order valence-electron chi connectivity index (χ0n) is 9.10. The van der Waals surface area contributed by atoms with Crippen molar-refractivity contribution in [1.29, 1.82) is 0 Å². The van der Waals surface area contributed by atoms with Crippen LogP contribution in [0.4, 0.5) is 10.5 Å². The summed E-state index contributed by atoms with van der Waals surface area (Å²) in [5, 5.41) is 17.3. The second-order valence-corrected chi connectivity index (χ2v) is 3.24. The quantitative estimate of drug-likeness (QED) is 0.696. The van der Waals surface area contributed by atoms with Gasteiger partial charge in [0, 0.05) is 12.7 Å². The van der Waals surface area contributed by atoms with Crippen molar-refractivity contribution in [2.45, 2.75) is 26.4 Å². The molecule has 3 N–H and O–H groups in total. The van der Waals surface area contributed by atoms with Crippen LogP contribution in [-0.4, -0.2) is 32.9 Å². The number of amides is 2. The largest absolute Gasteiger partial charge is 0.480 e. The van der Waals surface area contributed by atoms with Crippen molar-refractivity contribution in [1.82, 2.24) is 15.1 Å². The maximum Gasteiger partial charge on any atom is 0.325 e. The highest BCUT2D eigenvalue weighted by atomic mass is 16.4. The molecule has 7 heteroatoms. The van der Waals surface area contributed by atoms with Gasteiger partial charge in [-0.1, -0.05) is 0 Å². The molecule has 0 radical (unpaired) electrons. The van der Waals surface area contributed by atoms with Crippen molar-refractivity contribution in [2.24, 2.45) is 0 Å². The van der Waals surface area contributed by atoms with Crippen LogP contribution < -0.4 is 10.6 Å². The summed E-state index contributed by atoms with van der Waals surface area (Å²) in [6.45, 7) is 4.01. The molecule has 0 saturated carbocycles. The van der Waals surface area contributed by atoms with E-state index in [2.05, 4.69) is 15.7 Å². The summed E-state index contributed by atoms with van der Waals surface area (Å²) in [4.78, 5) is 21.8. The molecule has 0 bridgehead atoms. The number of carboxylic acids is 1. The van der Waals surface area contributed by atoms with Gasteiger partial charge in [-0.15, -0.1) is 0 Å². The second-order valence-electron chi connectivity index (χ2n) is 3.24. The number of hydrogen-bond acceptors (Lipinski definition) is 3. The highest BCUT2D eigenvalue weighted by Crippen LogP contribution is 2.04. The van der Waals surface area contributed by atoms with Crippen molar-refractivity contribution in [3.8, 4) is 0 Å². The number of rotatable bonds is 4. The molecule has 2 amide bonds. The number of carbonyl (C=O) groups is 2. The van der Waals surface area contributed by atoms with Crippen LogP contribution in [0.2, 0.25) is 0 Å². The number of aliphatic carboxylic acids is 1. The van der Waals surface area contributed by atoms with Crippen LogP contribution in [0.1, 0.15) is 13.8 Å². The van der Waals surface area contributed by atoms with E-state index in [0.717, 1.165) is 0 Å². The number of nitrogens with one attached hydrogen (secondary N) is 2. The van der Waals surface area contributed by atoms with Gasteiger partial charge in [0.05, 0.1) is 11.9 Å². The number of urea groups is 1. The molecule has 0 aliphatic carbocycles. The number of nitrogens with zero attached hydrogens (tertiary/aromatic N) is 2. The molecule has 1 aromatic heterocycles. The van der Waals surface area contributed by atoms with Gasteiger partial charge >= 0.3 is 12.0 Å². The third-order valence-corrected chi connectivity index (χ3v) is 1.93. The second kappa shape index (κ2) is 5.15. The molecule has 7 nitrogen and oxygen atoms in total. The summed E-state index contributed by atoms with van der Waals surface area (Å²) in [7, 11) is 0. The minimum atomic E-state index is -1.08. The number of anilines is 1. The predicted molar refractivity (Wildman–Crippen MR) is 57.2 cm³/mol. The molecule has 16 heavy (non-hydrogen) atoms. The molecule has 1 atom stereocenters. The first-order chi connectivity index (χ1) is 7.52. The molecule has 0 saturated heterocycles. The Morgan fingerprint density at radius 1 is 1.62 bits per heavy atom. The molecule has 1 aromatic rings. The Morgan fingerprint density at radius 3 is 2.81 bits per heavy atom. The number of carboxylic acid groups (broad SMARTS) is 1. The molecule has 1 heterocycles. The molecular formula is C9H14N4O3. The van der Waals surface area contributed by atoms with E-state index in [1.807, 2.05) is 6.92 Å². The number of aromatic nitrogens is 2. The van der Waals surface area contributed by atoms with Crippen molar-refractivity contribution < 1.29 is 14.7 Å². The first-order valence-electron chi connectivity index (χ1n) is 4.85. The fourth-order valence-electron chi connectivity index (χ4n) is 1.03. The van der Waals surface area contributed by atoms with E-state index < -0.39 is 18.0 Å². The molecule has 1 rings (SSSR count). The van der Waals surface area contributed by atoms with E-state index in [9.17, 15) is 9.59 Å². The van der Waals surface area contributed by atoms with Gasteiger partial charge in [-0.25, -0.2) is 4.79 Å². The minimum Gasteiger partial charge on any atom is -0.480 e. The van der Waals surface area contributed by atoms with Gasteiger partial charge in [-0.05, 0) is 13.8 Å². The van der Waals surface area contributed by atoms with E-state index in [1.165, 1.54) is 13.1 Å². The van der Waals surface area contributed by atoms with Gasteiger partial charge in [0.1, 0.15) is 6.04 Å². The van der Waals surface area contributed by atoms with Crippen molar-refractivity contribution in [2.75, 3.05) is 5.32 Å². The Balaban J connectivity index is 2.48. The van der Waals surface area contributed by atoms with Crippen LogP contribution >= 0.6 is 0 Å². The maximum absolute atomic E-state index is 11.3. The van der Waals surface area contributed by atoms with Crippen LogP contribution in [0, 0.1) is 0 Å². The molecule has 0 fully saturated rings. The average molecular weight is 226 g/mol. The van der Waals surface area contributed by atoms with Crippen LogP contribution in [0.15, 0.2) is 12.4 Å². The van der Waals surface area contributed by atoms with Gasteiger partial charge in [0.2, 0.25) is 0 Å². The molecule has 1 unspecified atom stereocenters. The van der Waals surface area contributed by atoms with E-state index in [1.54, 1.807) is 10.9 Å². The lowest BCUT2D eigenvalue weighted by atomic mass is 10.3. The van der Waals surface area contributed by atoms with Gasteiger partial charge in [0.25, 0.3) is 0 Å². The van der Waals surface area contributed by atoms with Crippen LogP contribution in [0.25, 0.3) is 0 Å². The van der Waals surface area contributed by atoms with Gasteiger partial charge < -0.3 is 15.7 Å². The summed E-state index contributed by atoms with van der Waals surface area (Å²) in [5.74, 6) is -1.08. The standard InChI is InChI=1S/C9H14N4O3/c1-3-13-5-7(4-10-13)12-9(16)11-6(2)8(14)15/h4-6H,3H2,1-2H3,(H,14,15)(H2,11,12,16). The lowest BCUT2D eigenvalue weighted by Gasteiger charge is -2.09. The zero-order chi connectivity index (χ0) is 12.1. The van der Waals surface area contributed by atoms with Crippen molar-refractivity contribution >= 4 is 17.7 Å². The number of hydrogen-bond donors (Lipinski definition) is 3. The van der Waals surface area contributed by atoms with Gasteiger partial charge in [-0.2, -0.15) is 5.10 Å². The van der Waals surface area contributed by atoms with Crippen LogP contribution in [-0.2, 0) is 11.3 Å². The lowest BCUT2D eigenvalue weighted by Crippen LogP contribution is -2.40. The molecule has 0 spiro atoms. The fourth-order valence-corrected chi connectivity index (χ4v) is 1.03. The van der Waals surface area contributed by atoms with Crippen LogP contribution in [0.5, 0.6) is 0 Å². The molecule has 0 aliphatic rings. The predicted octanol–water partition coefficient (Wildman–Crippen LogP) is 0.498. The average Bonchev–Trinajstić information content (AvgIpc) is 2.65. The Labute approximate surface area is 92.4 Å². The SMILES string of the molecule is CCn1cc(NC(=O)NC(C)C(=O)O)cn1. The van der Waals surface area contributed by atoms with Crippen molar-refractivity contribution in [3.05, 3.63) is 12.4 Å². The Kier molecular flexibility index (Phi) is 3.87. The molecule has 0 aliphatic heterocycles. The molecular weight excluding hydrogens is 212 g/mol. The summed E-state index contributed by atoms with van der Waals surface area (Å²) in [6, 6.07) is -1.49. The van der Waals surface area contributed by atoms with Crippen molar-refractivity contribution in [3.63, 3.8) is 0 Å². The van der Waals surface area contributed by atoms with E-state index in [-0.39, 0.29) is 0 Å². The third kappa shape index (κ3) is 3.26. The molecule has 0 aromatic carbocycles. The summed E-state index contributed by atoms with van der Waals surface area (Å²) in [6.07, 6.45) is 3.15. The maximum atomic E-state index is 11.3. The van der Waals surface area contributed by atoms with Gasteiger partial charge in [0.15, 0.2) is 0 Å². The van der Waals surface area contributed by atoms with Gasteiger partial charge in [-0.3, -0.25) is 9.48 Å². The van der Waals surface area contributed by atoms with E-state index in [0.29, 0.717) is 12.2 Å². The lowest BCUT2D eigenvalue weighted by molar-refractivity contribution is -0.138. The highest BCUT2D eigenvalue weighted by molar-refractivity contribution is 5.91. The summed E-state index contributed by atoms with van der Waals surface area (Å²) in [5.41, 5.74) is 0.525. The fraction of sp³-hybridized carbons (Fsp3) is 0.444.